The smallest absolute Gasteiger partial charge is 0.00638 e. The SMILES string of the molecule is Cc1c(C(C)c2ccccc2)ccc2ccccc12. The summed E-state index contributed by atoms with van der Waals surface area (Å²) in [7, 11) is 0. The highest BCUT2D eigenvalue weighted by Crippen LogP contribution is 2.30. The highest BCUT2D eigenvalue weighted by Gasteiger charge is 2.12. The first-order valence-corrected chi connectivity index (χ1v) is 6.80. The maximum Gasteiger partial charge on any atom is 0.00638 e. The third-order valence-corrected chi connectivity index (χ3v) is 4.01. The topological polar surface area (TPSA) is 0 Å². The minimum Gasteiger partial charge on any atom is -0.0622 e. The average molecular weight is 246 g/mol. The summed E-state index contributed by atoms with van der Waals surface area (Å²) in [6.07, 6.45) is 0. The van der Waals surface area contributed by atoms with Crippen molar-refractivity contribution in [2.24, 2.45) is 0 Å². The van der Waals surface area contributed by atoms with Gasteiger partial charge in [-0.05, 0) is 34.4 Å². The van der Waals surface area contributed by atoms with E-state index in [-0.39, 0.29) is 0 Å². The van der Waals surface area contributed by atoms with Crippen LogP contribution in [0, 0.1) is 6.92 Å². The second-order valence-electron chi connectivity index (χ2n) is 5.13. The number of hydrogen-bond donors (Lipinski definition) is 0. The molecule has 0 heterocycles. The lowest BCUT2D eigenvalue weighted by Gasteiger charge is -2.17. The van der Waals surface area contributed by atoms with Gasteiger partial charge in [-0.3, -0.25) is 0 Å². The molecule has 0 saturated carbocycles. The maximum absolute atomic E-state index is 2.28. The summed E-state index contributed by atoms with van der Waals surface area (Å²) in [6.45, 7) is 4.52. The van der Waals surface area contributed by atoms with Crippen LogP contribution in [-0.4, -0.2) is 0 Å². The Labute approximate surface area is 114 Å². The molecule has 0 aliphatic rings. The lowest BCUT2D eigenvalue weighted by Crippen LogP contribution is -1.99. The maximum atomic E-state index is 2.28. The Balaban J connectivity index is 2.13. The third-order valence-electron chi connectivity index (χ3n) is 4.01. The molecule has 0 aliphatic carbocycles. The van der Waals surface area contributed by atoms with E-state index in [1.54, 1.807) is 0 Å². The lowest BCUT2D eigenvalue weighted by atomic mass is 9.88. The normalized spacial score (nSPS) is 12.5. The van der Waals surface area contributed by atoms with E-state index in [2.05, 4.69) is 80.6 Å². The van der Waals surface area contributed by atoms with Gasteiger partial charge in [-0.15, -0.1) is 0 Å². The molecular weight excluding hydrogens is 228 g/mol. The van der Waals surface area contributed by atoms with Crippen LogP contribution in [0.1, 0.15) is 29.5 Å². The molecule has 3 aromatic carbocycles. The van der Waals surface area contributed by atoms with Crippen LogP contribution < -0.4 is 0 Å². The standard InChI is InChI=1S/C19H18/c1-14(16-8-4-3-5-9-16)18-13-12-17-10-6-7-11-19(17)15(18)2/h3-14H,1-2H3. The number of hydrogen-bond acceptors (Lipinski definition) is 0. The Morgan fingerprint density at radius 2 is 1.42 bits per heavy atom. The molecule has 3 rings (SSSR count). The molecule has 0 aliphatic heterocycles. The quantitative estimate of drug-likeness (QED) is 0.575. The van der Waals surface area contributed by atoms with E-state index in [1.165, 1.54) is 27.5 Å². The van der Waals surface area contributed by atoms with Gasteiger partial charge in [0.05, 0.1) is 0 Å². The molecule has 3 aromatic rings. The van der Waals surface area contributed by atoms with Gasteiger partial charge in [0.25, 0.3) is 0 Å². The number of benzene rings is 3. The van der Waals surface area contributed by atoms with E-state index in [9.17, 15) is 0 Å². The van der Waals surface area contributed by atoms with Crippen LogP contribution in [0.5, 0.6) is 0 Å². The minimum absolute atomic E-state index is 0.436. The van der Waals surface area contributed by atoms with Crippen molar-refractivity contribution in [3.63, 3.8) is 0 Å². The summed E-state index contributed by atoms with van der Waals surface area (Å²) in [5.41, 5.74) is 4.19. The second-order valence-corrected chi connectivity index (χ2v) is 5.13. The molecule has 0 fully saturated rings. The van der Waals surface area contributed by atoms with Gasteiger partial charge in [-0.25, -0.2) is 0 Å². The van der Waals surface area contributed by atoms with Gasteiger partial charge >= 0.3 is 0 Å². The largest absolute Gasteiger partial charge is 0.0622 e. The van der Waals surface area contributed by atoms with Crippen molar-refractivity contribution in [1.82, 2.24) is 0 Å². The highest BCUT2D eigenvalue weighted by molar-refractivity contribution is 5.86. The molecular formula is C19H18. The van der Waals surface area contributed by atoms with Crippen LogP contribution in [0.15, 0.2) is 66.7 Å². The fourth-order valence-corrected chi connectivity index (χ4v) is 2.83. The van der Waals surface area contributed by atoms with Crippen LogP contribution in [-0.2, 0) is 0 Å². The van der Waals surface area contributed by atoms with Gasteiger partial charge in [-0.2, -0.15) is 0 Å². The summed E-state index contributed by atoms with van der Waals surface area (Å²) >= 11 is 0. The highest BCUT2D eigenvalue weighted by atomic mass is 14.2. The van der Waals surface area contributed by atoms with Gasteiger partial charge in [0.15, 0.2) is 0 Å². The Morgan fingerprint density at radius 1 is 0.737 bits per heavy atom. The molecule has 0 spiro atoms. The van der Waals surface area contributed by atoms with E-state index in [1.807, 2.05) is 0 Å². The Bertz CT molecular complexity index is 696. The number of fused-ring (bicyclic) bond motifs is 1. The molecule has 0 aromatic heterocycles. The Hall–Kier alpha value is -2.08. The molecule has 19 heavy (non-hydrogen) atoms. The van der Waals surface area contributed by atoms with Crippen molar-refractivity contribution in [3.8, 4) is 0 Å². The third kappa shape index (κ3) is 2.15. The summed E-state index contributed by atoms with van der Waals surface area (Å²) in [5, 5.41) is 2.69. The Morgan fingerprint density at radius 3 is 2.21 bits per heavy atom. The summed E-state index contributed by atoms with van der Waals surface area (Å²) in [5.74, 6) is 0.436. The molecule has 0 nitrogen and oxygen atoms in total. The fraction of sp³-hybridized carbons (Fsp3) is 0.158. The van der Waals surface area contributed by atoms with E-state index in [4.69, 9.17) is 0 Å². The molecule has 0 N–H and O–H groups in total. The van der Waals surface area contributed by atoms with Gasteiger partial charge in [0.1, 0.15) is 0 Å². The summed E-state index contributed by atoms with van der Waals surface area (Å²) in [6, 6.07) is 23.8. The van der Waals surface area contributed by atoms with Crippen molar-refractivity contribution >= 4 is 10.8 Å². The van der Waals surface area contributed by atoms with E-state index in [0.717, 1.165) is 0 Å². The monoisotopic (exact) mass is 246 g/mol. The summed E-state index contributed by atoms with van der Waals surface area (Å²) < 4.78 is 0. The van der Waals surface area contributed by atoms with Crippen LogP contribution >= 0.6 is 0 Å². The first-order chi connectivity index (χ1) is 9.27. The summed E-state index contributed by atoms with van der Waals surface area (Å²) in [4.78, 5) is 0. The molecule has 0 heteroatoms. The molecule has 0 radical (unpaired) electrons. The zero-order valence-electron chi connectivity index (χ0n) is 11.4. The molecule has 1 unspecified atom stereocenters. The lowest BCUT2D eigenvalue weighted by molar-refractivity contribution is 0.914. The predicted octanol–water partition coefficient (Wildman–Crippen LogP) is 5.30. The van der Waals surface area contributed by atoms with Crippen molar-refractivity contribution < 1.29 is 0 Å². The number of rotatable bonds is 2. The van der Waals surface area contributed by atoms with Gasteiger partial charge < -0.3 is 0 Å². The zero-order chi connectivity index (χ0) is 13.2. The van der Waals surface area contributed by atoms with Gasteiger partial charge in [0.2, 0.25) is 0 Å². The van der Waals surface area contributed by atoms with E-state index >= 15 is 0 Å². The van der Waals surface area contributed by atoms with Crippen molar-refractivity contribution in [2.45, 2.75) is 19.8 Å². The molecule has 0 saturated heterocycles. The van der Waals surface area contributed by atoms with Crippen LogP contribution in [0.25, 0.3) is 10.8 Å². The van der Waals surface area contributed by atoms with Crippen LogP contribution in [0.4, 0.5) is 0 Å². The molecule has 0 amide bonds. The number of aryl methyl sites for hydroxylation is 1. The second kappa shape index (κ2) is 4.89. The Kier molecular flexibility index (Phi) is 3.08. The zero-order valence-corrected chi connectivity index (χ0v) is 11.4. The first kappa shape index (κ1) is 12.0. The van der Waals surface area contributed by atoms with Gasteiger partial charge in [0, 0.05) is 5.92 Å². The molecule has 1 atom stereocenters. The van der Waals surface area contributed by atoms with E-state index in [0.29, 0.717) is 5.92 Å². The van der Waals surface area contributed by atoms with Crippen molar-refractivity contribution in [1.29, 1.82) is 0 Å². The predicted molar refractivity (Wildman–Crippen MR) is 82.6 cm³/mol. The van der Waals surface area contributed by atoms with Crippen LogP contribution in [0.2, 0.25) is 0 Å². The average Bonchev–Trinajstić information content (AvgIpc) is 2.48. The minimum atomic E-state index is 0.436. The fourth-order valence-electron chi connectivity index (χ4n) is 2.83. The molecule has 0 bridgehead atoms. The van der Waals surface area contributed by atoms with Crippen molar-refractivity contribution in [2.75, 3.05) is 0 Å². The van der Waals surface area contributed by atoms with E-state index < -0.39 is 0 Å². The van der Waals surface area contributed by atoms with Gasteiger partial charge in [-0.1, -0.05) is 73.7 Å². The first-order valence-electron chi connectivity index (χ1n) is 6.80. The van der Waals surface area contributed by atoms with Crippen molar-refractivity contribution in [3.05, 3.63) is 83.4 Å². The van der Waals surface area contributed by atoms with Crippen LogP contribution in [0.3, 0.4) is 0 Å². The molecule has 94 valence electrons.